The molecule has 2 heterocycles. The maximum atomic E-state index is 14.6. The molecule has 3 nitrogen and oxygen atoms in total. The van der Waals surface area contributed by atoms with Crippen LogP contribution in [0.3, 0.4) is 0 Å². The van der Waals surface area contributed by atoms with Gasteiger partial charge in [0.1, 0.15) is 0 Å². The Morgan fingerprint density at radius 2 is 0.947 bits per heavy atom. The number of carbonyl (C=O) groups excluding carboxylic acids is 1. The van der Waals surface area contributed by atoms with Crippen molar-refractivity contribution < 1.29 is 4.79 Å². The Bertz CT molecular complexity index is 4540. The van der Waals surface area contributed by atoms with Crippen LogP contribution in [0.5, 0.6) is 0 Å². The Morgan fingerprint density at radius 1 is 0.427 bits per heavy atom. The summed E-state index contributed by atoms with van der Waals surface area (Å²) in [6.07, 6.45) is 9.16. The highest BCUT2D eigenvalue weighted by atomic mass is 16.1. The third-order valence-electron chi connectivity index (χ3n) is 21.8. The number of ketones is 1. The minimum Gasteiger partial charge on any atom is -0.308 e. The highest BCUT2D eigenvalue weighted by Crippen LogP contribution is 2.71. The van der Waals surface area contributed by atoms with Crippen molar-refractivity contribution in [2.24, 2.45) is 17.8 Å². The highest BCUT2D eigenvalue weighted by Gasteiger charge is 2.58. The van der Waals surface area contributed by atoms with Gasteiger partial charge in [-0.3, -0.25) is 4.79 Å². The first-order chi connectivity index (χ1) is 37.0. The number of Topliss-reactive ketones (excluding diaryl/α,β-unsaturated/α-hetero) is 1. The number of benzene rings is 9. The fourth-order valence-electron chi connectivity index (χ4n) is 19.6. The van der Waals surface area contributed by atoms with Crippen LogP contribution >= 0.6 is 0 Å². The molecule has 3 saturated carbocycles. The lowest BCUT2D eigenvalue weighted by atomic mass is 9.66. The molecule has 6 bridgehead atoms. The van der Waals surface area contributed by atoms with Crippen LogP contribution < -0.4 is 0 Å². The molecule has 0 saturated heterocycles. The standard InChI is InChI=1S/C72H48N2O/c73-35-42-29-63-66(65-41-26-36-23-37(27-41)25-40(24-36)64(42)65)67-68-52(31-53-51-30-48-38-21-22-39(28-38)70(75)54(48)34-62(51)74(63)69(53)67)50-33-60-49(32-61(50)72(68)58-19-9-3-13-45(58)46-14-4-10-20-59(46)72)47-15-5-8-18-57(47)71(60)55-16-6-1-11-43(55)44-12-2-7-17-56(44)71/h1-20,29-34,36-41H,21-28H2. The van der Waals surface area contributed by atoms with Crippen molar-refractivity contribution in [3.63, 3.8) is 0 Å². The molecule has 75 heavy (non-hydrogen) atoms. The van der Waals surface area contributed by atoms with E-state index in [9.17, 15) is 10.1 Å². The molecule has 11 aromatic rings. The van der Waals surface area contributed by atoms with Crippen LogP contribution in [-0.2, 0) is 10.8 Å². The molecular formula is C72H48N2O. The van der Waals surface area contributed by atoms with Gasteiger partial charge in [0.15, 0.2) is 5.78 Å². The minimum atomic E-state index is -0.646. The summed E-state index contributed by atoms with van der Waals surface area (Å²) in [5, 5.41) is 16.7. The van der Waals surface area contributed by atoms with Gasteiger partial charge >= 0.3 is 0 Å². The number of nitriles is 1. The lowest BCUT2D eigenvalue weighted by Crippen LogP contribution is -2.27. The number of hydrogen-bond acceptors (Lipinski definition) is 2. The number of nitrogens with zero attached hydrogens (tertiary/aromatic N) is 2. The van der Waals surface area contributed by atoms with Gasteiger partial charge in [-0.1, -0.05) is 121 Å². The molecule has 10 aliphatic carbocycles. The summed E-state index contributed by atoms with van der Waals surface area (Å²) in [5.74, 6) is 3.06. The van der Waals surface area contributed by atoms with E-state index in [1.165, 1.54) is 165 Å². The first-order valence-corrected chi connectivity index (χ1v) is 28.1. The molecule has 10 aliphatic rings. The summed E-state index contributed by atoms with van der Waals surface area (Å²) < 4.78 is 2.58. The zero-order chi connectivity index (χ0) is 48.5. The van der Waals surface area contributed by atoms with Crippen molar-refractivity contribution in [3.8, 4) is 50.6 Å². The molecule has 3 fully saturated rings. The van der Waals surface area contributed by atoms with Gasteiger partial charge in [-0.2, -0.15) is 5.26 Å². The predicted octanol–water partition coefficient (Wildman–Crippen LogP) is 16.9. The third kappa shape index (κ3) is 4.18. The first kappa shape index (κ1) is 39.4. The maximum absolute atomic E-state index is 14.6. The Hall–Kier alpha value is -8.06. The molecule has 0 aliphatic heterocycles. The largest absolute Gasteiger partial charge is 0.308 e. The number of fused-ring (bicyclic) bond motifs is 31. The molecule has 21 rings (SSSR count). The molecule has 9 aromatic carbocycles. The number of hydrogen-bond donors (Lipinski definition) is 0. The van der Waals surface area contributed by atoms with Crippen molar-refractivity contribution in [3.05, 3.63) is 230 Å². The van der Waals surface area contributed by atoms with Gasteiger partial charge in [-0.25, -0.2) is 0 Å². The Labute approximate surface area is 434 Å². The van der Waals surface area contributed by atoms with Gasteiger partial charge < -0.3 is 4.40 Å². The van der Waals surface area contributed by atoms with Gasteiger partial charge in [0.2, 0.25) is 0 Å². The fourth-order valence-corrected chi connectivity index (χ4v) is 19.6. The predicted molar refractivity (Wildman–Crippen MR) is 298 cm³/mol. The topological polar surface area (TPSA) is 45.3 Å². The first-order valence-electron chi connectivity index (χ1n) is 28.1. The zero-order valence-corrected chi connectivity index (χ0v) is 41.4. The minimum absolute atomic E-state index is 0.120. The average Bonchev–Trinajstić information content (AvgIpc) is 4.18. The summed E-state index contributed by atoms with van der Waals surface area (Å²) in [6.45, 7) is 0. The van der Waals surface area contributed by atoms with Crippen molar-refractivity contribution >= 4 is 43.9 Å². The van der Waals surface area contributed by atoms with E-state index in [2.05, 4.69) is 168 Å². The maximum Gasteiger partial charge on any atom is 0.166 e. The number of rotatable bonds is 0. The lowest BCUT2D eigenvalue weighted by Gasteiger charge is -2.38. The summed E-state index contributed by atoms with van der Waals surface area (Å²) >= 11 is 0. The molecule has 2 aromatic heterocycles. The Morgan fingerprint density at radius 3 is 1.55 bits per heavy atom. The van der Waals surface area contributed by atoms with Crippen LogP contribution in [0.1, 0.15) is 146 Å². The normalized spacial score (nSPS) is 24.1. The smallest absolute Gasteiger partial charge is 0.166 e. The molecule has 4 atom stereocenters. The molecule has 0 N–H and O–H groups in total. The van der Waals surface area contributed by atoms with Gasteiger partial charge in [0.05, 0.1) is 39.0 Å². The monoisotopic (exact) mass is 956 g/mol. The van der Waals surface area contributed by atoms with Gasteiger partial charge in [-0.15, -0.1) is 0 Å². The summed E-state index contributed by atoms with van der Waals surface area (Å²) in [5.41, 5.74) is 29.8. The fraction of sp³-hybridized carbons (Fsp3) is 0.222. The molecule has 0 radical (unpaired) electrons. The van der Waals surface area contributed by atoms with Crippen molar-refractivity contribution in [2.75, 3.05) is 0 Å². The van der Waals surface area contributed by atoms with Crippen LogP contribution in [0.15, 0.2) is 158 Å². The second kappa shape index (κ2) is 12.9. The van der Waals surface area contributed by atoms with E-state index < -0.39 is 10.8 Å². The summed E-state index contributed by atoms with van der Waals surface area (Å²) in [7, 11) is 0. The quantitative estimate of drug-likeness (QED) is 0.152. The van der Waals surface area contributed by atoms with E-state index in [-0.39, 0.29) is 5.92 Å². The number of aromatic nitrogens is 1. The summed E-state index contributed by atoms with van der Waals surface area (Å²) in [6, 6.07) is 64.4. The van der Waals surface area contributed by atoms with E-state index in [0.29, 0.717) is 35.4 Å². The highest BCUT2D eigenvalue weighted by molar-refractivity contribution is 6.29. The van der Waals surface area contributed by atoms with Crippen LogP contribution in [0.4, 0.5) is 0 Å². The molecule has 3 heteroatoms. The van der Waals surface area contributed by atoms with Gasteiger partial charge in [0.25, 0.3) is 0 Å². The Balaban J connectivity index is 1.02. The van der Waals surface area contributed by atoms with Crippen LogP contribution in [-0.4, -0.2) is 10.2 Å². The second-order valence-electron chi connectivity index (χ2n) is 24.7. The van der Waals surface area contributed by atoms with E-state index in [1.54, 1.807) is 0 Å². The third-order valence-corrected chi connectivity index (χ3v) is 21.8. The number of carbonyl (C=O) groups is 1. The van der Waals surface area contributed by atoms with Crippen LogP contribution in [0, 0.1) is 29.1 Å². The van der Waals surface area contributed by atoms with Crippen LogP contribution in [0.2, 0.25) is 0 Å². The van der Waals surface area contributed by atoms with Crippen LogP contribution in [0.25, 0.3) is 82.6 Å². The summed E-state index contributed by atoms with van der Waals surface area (Å²) in [4.78, 5) is 14.6. The SMILES string of the molecule is N#Cc1cc2c(c3c1C1CC4CC(C1)CC3C4)c1c3c(cc4c5cc6c(cc5n2c41)C(=O)C1CCC6C1)-c1cc2c(cc1C31c3ccccc3-c3ccccc31)-c1ccccc1C21c2ccccc2-c2ccccc21. The van der Waals surface area contributed by atoms with E-state index in [1.807, 2.05) is 0 Å². The zero-order valence-electron chi connectivity index (χ0n) is 41.4. The van der Waals surface area contributed by atoms with Gasteiger partial charge in [0, 0.05) is 33.0 Å². The van der Waals surface area contributed by atoms with Crippen molar-refractivity contribution in [1.82, 2.24) is 4.40 Å². The van der Waals surface area contributed by atoms with Crippen molar-refractivity contribution in [1.29, 1.82) is 5.26 Å². The molecule has 352 valence electrons. The molecular weight excluding hydrogens is 909 g/mol. The van der Waals surface area contributed by atoms with E-state index in [4.69, 9.17) is 0 Å². The average molecular weight is 957 g/mol. The van der Waals surface area contributed by atoms with Crippen molar-refractivity contribution in [2.45, 2.75) is 80.0 Å². The Kier molecular flexibility index (Phi) is 6.77. The molecule has 0 amide bonds. The van der Waals surface area contributed by atoms with E-state index in [0.717, 1.165) is 41.4 Å². The van der Waals surface area contributed by atoms with Gasteiger partial charge in [-0.05, 0) is 223 Å². The molecule has 4 unspecified atom stereocenters. The van der Waals surface area contributed by atoms with E-state index >= 15 is 0 Å². The molecule has 2 spiro atoms. The lowest BCUT2D eigenvalue weighted by molar-refractivity contribution is 0.0914. The second-order valence-corrected chi connectivity index (χ2v) is 24.7.